The van der Waals surface area contributed by atoms with Crippen LogP contribution in [0.5, 0.6) is 5.75 Å². The van der Waals surface area contributed by atoms with E-state index in [0.717, 1.165) is 22.2 Å². The van der Waals surface area contributed by atoms with E-state index in [9.17, 15) is 0 Å². The molecule has 21 heavy (non-hydrogen) atoms. The third kappa shape index (κ3) is 2.60. The summed E-state index contributed by atoms with van der Waals surface area (Å²) in [5.41, 5.74) is 8.17. The first kappa shape index (κ1) is 13.6. The number of hydrogen-bond donors (Lipinski definition) is 1. The molecule has 0 amide bonds. The number of benzene rings is 2. The fraction of sp³-hybridized carbons (Fsp3) is 0.125. The van der Waals surface area contributed by atoms with E-state index in [4.69, 9.17) is 22.7 Å². The number of nitrogen functional groups attached to an aromatic ring is 1. The molecule has 3 rings (SSSR count). The largest absolute Gasteiger partial charge is 0.497 e. The monoisotopic (exact) mass is 297 g/mol. The van der Waals surface area contributed by atoms with Crippen LogP contribution in [-0.2, 0) is 6.54 Å². The van der Waals surface area contributed by atoms with Gasteiger partial charge in [-0.2, -0.15) is 0 Å². The Morgan fingerprint density at radius 2 is 1.86 bits per heavy atom. The molecule has 0 aliphatic rings. The van der Waals surface area contributed by atoms with Crippen molar-refractivity contribution >= 4 is 28.9 Å². The zero-order valence-corrected chi connectivity index (χ0v) is 12.4. The number of rotatable bonds is 3. The Morgan fingerprint density at radius 1 is 1.14 bits per heavy atom. The van der Waals surface area contributed by atoms with Crippen molar-refractivity contribution in [1.29, 1.82) is 0 Å². The normalized spacial score (nSPS) is 10.7. The molecule has 3 aromatic rings. The van der Waals surface area contributed by atoms with E-state index >= 15 is 0 Å². The minimum atomic E-state index is 0.488. The van der Waals surface area contributed by atoms with Crippen LogP contribution < -0.4 is 10.5 Å². The highest BCUT2D eigenvalue weighted by Gasteiger charge is 2.07. The molecule has 1 heterocycles. The molecular weight excluding hydrogens is 282 g/mol. The molecule has 0 atom stereocenters. The van der Waals surface area contributed by atoms with Crippen LogP contribution in [0.25, 0.3) is 10.9 Å². The molecule has 4 nitrogen and oxygen atoms in total. The Balaban J connectivity index is 2.05. The number of fused-ring (bicyclic) bond motifs is 1. The third-order valence-electron chi connectivity index (χ3n) is 3.42. The number of aromatic nitrogens is 2. The molecule has 0 aliphatic heterocycles. The van der Waals surface area contributed by atoms with Crippen molar-refractivity contribution in [3.05, 3.63) is 58.9 Å². The number of ether oxygens (including phenoxy) is 1. The van der Waals surface area contributed by atoms with Gasteiger partial charge in [-0.25, -0.2) is 4.98 Å². The maximum absolute atomic E-state index is 6.26. The number of nitrogens with zero attached hydrogens (tertiary/aromatic N) is 2. The maximum Gasteiger partial charge on any atom is 0.201 e. The molecule has 1 aromatic heterocycles. The molecule has 0 aliphatic carbocycles. The fourth-order valence-electron chi connectivity index (χ4n) is 2.27. The first-order chi connectivity index (χ1) is 10.2. The summed E-state index contributed by atoms with van der Waals surface area (Å²) < 4.78 is 7.49. The molecular formula is C16H15N3OS. The lowest BCUT2D eigenvalue weighted by molar-refractivity contribution is 0.414. The SMILES string of the molecule is COc1ccc(Cn2c(N)c3ccccc3nc2=S)cc1. The van der Waals surface area contributed by atoms with Crippen LogP contribution in [0.2, 0.25) is 0 Å². The predicted molar refractivity (Wildman–Crippen MR) is 87.1 cm³/mol. The molecule has 0 unspecified atom stereocenters. The van der Waals surface area contributed by atoms with Crippen LogP contribution in [0.15, 0.2) is 48.5 Å². The van der Waals surface area contributed by atoms with Crippen LogP contribution >= 0.6 is 12.2 Å². The first-order valence-corrected chi connectivity index (χ1v) is 6.98. The molecule has 0 fully saturated rings. The number of para-hydroxylation sites is 1. The second-order valence-corrected chi connectivity index (χ2v) is 5.10. The summed E-state index contributed by atoms with van der Waals surface area (Å²) in [5, 5.41) is 0.916. The van der Waals surface area contributed by atoms with Gasteiger partial charge in [0.05, 0.1) is 19.2 Å². The molecule has 0 radical (unpaired) electrons. The second kappa shape index (κ2) is 5.54. The molecule has 2 N–H and O–H groups in total. The van der Waals surface area contributed by atoms with E-state index in [0.29, 0.717) is 17.1 Å². The Kier molecular flexibility index (Phi) is 3.58. The van der Waals surface area contributed by atoms with Crippen molar-refractivity contribution in [2.24, 2.45) is 0 Å². The zero-order chi connectivity index (χ0) is 14.8. The summed E-state index contributed by atoms with van der Waals surface area (Å²) in [6.07, 6.45) is 0. The molecule has 0 saturated carbocycles. The number of methoxy groups -OCH3 is 1. The standard InChI is InChI=1S/C16H15N3OS/c1-20-12-8-6-11(7-9-12)10-19-15(17)13-4-2-3-5-14(13)18-16(19)21/h2-9H,10,17H2,1H3. The quantitative estimate of drug-likeness (QED) is 0.753. The predicted octanol–water partition coefficient (Wildman–Crippen LogP) is 3.40. The summed E-state index contributed by atoms with van der Waals surface area (Å²) in [5.74, 6) is 1.47. The lowest BCUT2D eigenvalue weighted by atomic mass is 10.2. The average Bonchev–Trinajstić information content (AvgIpc) is 2.52. The van der Waals surface area contributed by atoms with Gasteiger partial charge >= 0.3 is 0 Å². The van der Waals surface area contributed by atoms with Crippen molar-refractivity contribution in [3.8, 4) is 5.75 Å². The lowest BCUT2D eigenvalue weighted by Crippen LogP contribution is -2.10. The highest BCUT2D eigenvalue weighted by molar-refractivity contribution is 7.71. The van der Waals surface area contributed by atoms with Gasteiger partial charge in [0.2, 0.25) is 4.77 Å². The summed E-state index contributed by atoms with van der Waals surface area (Å²) in [6, 6.07) is 15.6. The number of anilines is 1. The third-order valence-corrected chi connectivity index (χ3v) is 3.73. The van der Waals surface area contributed by atoms with Crippen LogP contribution in [0.4, 0.5) is 5.82 Å². The van der Waals surface area contributed by atoms with E-state index in [2.05, 4.69) is 4.98 Å². The summed E-state index contributed by atoms with van der Waals surface area (Å²) in [6.45, 7) is 0.590. The van der Waals surface area contributed by atoms with E-state index in [-0.39, 0.29) is 0 Å². The van der Waals surface area contributed by atoms with E-state index in [1.165, 1.54) is 0 Å². The highest BCUT2D eigenvalue weighted by atomic mass is 32.1. The molecule has 106 valence electrons. The topological polar surface area (TPSA) is 53.1 Å². The Hall–Kier alpha value is -2.40. The Morgan fingerprint density at radius 3 is 2.57 bits per heavy atom. The summed E-state index contributed by atoms with van der Waals surface area (Å²) in [7, 11) is 1.65. The van der Waals surface area contributed by atoms with E-state index in [1.807, 2.05) is 53.1 Å². The number of nitrogens with two attached hydrogens (primary N) is 1. The van der Waals surface area contributed by atoms with Gasteiger partial charge in [-0.3, -0.25) is 4.57 Å². The first-order valence-electron chi connectivity index (χ1n) is 6.57. The van der Waals surface area contributed by atoms with Crippen molar-refractivity contribution in [2.45, 2.75) is 6.54 Å². The minimum Gasteiger partial charge on any atom is -0.497 e. The van der Waals surface area contributed by atoms with Gasteiger partial charge in [0.15, 0.2) is 0 Å². The molecule has 0 spiro atoms. The summed E-state index contributed by atoms with van der Waals surface area (Å²) in [4.78, 5) is 4.44. The molecule has 2 aromatic carbocycles. The van der Waals surface area contributed by atoms with Gasteiger partial charge < -0.3 is 10.5 Å². The van der Waals surface area contributed by atoms with Gasteiger partial charge in [0.25, 0.3) is 0 Å². The van der Waals surface area contributed by atoms with Gasteiger partial charge in [-0.1, -0.05) is 24.3 Å². The summed E-state index contributed by atoms with van der Waals surface area (Å²) >= 11 is 5.36. The van der Waals surface area contributed by atoms with Crippen molar-refractivity contribution < 1.29 is 4.74 Å². The average molecular weight is 297 g/mol. The smallest absolute Gasteiger partial charge is 0.201 e. The van der Waals surface area contributed by atoms with Gasteiger partial charge in [-0.15, -0.1) is 0 Å². The van der Waals surface area contributed by atoms with E-state index < -0.39 is 0 Å². The number of hydrogen-bond acceptors (Lipinski definition) is 4. The van der Waals surface area contributed by atoms with Crippen molar-refractivity contribution in [3.63, 3.8) is 0 Å². The van der Waals surface area contributed by atoms with Gasteiger partial charge in [0, 0.05) is 5.39 Å². The van der Waals surface area contributed by atoms with Crippen LogP contribution in [0, 0.1) is 4.77 Å². The van der Waals surface area contributed by atoms with Crippen LogP contribution in [0.1, 0.15) is 5.56 Å². The van der Waals surface area contributed by atoms with Gasteiger partial charge in [0.1, 0.15) is 11.6 Å². The Bertz CT molecular complexity index is 840. The van der Waals surface area contributed by atoms with Crippen LogP contribution in [0.3, 0.4) is 0 Å². The van der Waals surface area contributed by atoms with Crippen molar-refractivity contribution in [2.75, 3.05) is 12.8 Å². The lowest BCUT2D eigenvalue weighted by Gasteiger charge is -2.13. The molecule has 0 bridgehead atoms. The zero-order valence-electron chi connectivity index (χ0n) is 11.6. The highest BCUT2D eigenvalue weighted by Crippen LogP contribution is 2.21. The Labute approximate surface area is 127 Å². The van der Waals surface area contributed by atoms with Gasteiger partial charge in [-0.05, 0) is 42.0 Å². The fourth-order valence-corrected chi connectivity index (χ4v) is 2.53. The van der Waals surface area contributed by atoms with E-state index in [1.54, 1.807) is 7.11 Å². The minimum absolute atomic E-state index is 0.488. The molecule has 0 saturated heterocycles. The molecule has 5 heteroatoms. The van der Waals surface area contributed by atoms with Crippen molar-refractivity contribution in [1.82, 2.24) is 9.55 Å². The second-order valence-electron chi connectivity index (χ2n) is 4.73. The maximum atomic E-state index is 6.26. The van der Waals surface area contributed by atoms with Crippen LogP contribution in [-0.4, -0.2) is 16.7 Å².